The number of ether oxygens (including phenoxy) is 1. The van der Waals surface area contributed by atoms with Gasteiger partial charge < -0.3 is 21.5 Å². The number of anilines is 3. The third-order valence-electron chi connectivity index (χ3n) is 5.09. The minimum atomic E-state index is -0.139. The van der Waals surface area contributed by atoms with E-state index in [0.717, 1.165) is 16.7 Å². The highest BCUT2D eigenvalue weighted by atomic mass is 35.5. The Morgan fingerprint density at radius 2 is 1.62 bits per heavy atom. The number of carbonyl (C=O) groups excluding carboxylic acids is 1. The molecule has 172 valence electrons. The molecule has 4 rings (SSSR count). The molecule has 7 nitrogen and oxygen atoms in total. The van der Waals surface area contributed by atoms with E-state index in [1.807, 2.05) is 54.6 Å². The summed E-state index contributed by atoms with van der Waals surface area (Å²) in [6.45, 7) is 0.654. The molecule has 0 aliphatic carbocycles. The Bertz CT molecular complexity index is 1280. The average Bonchev–Trinajstić information content (AvgIpc) is 2.80. The molecule has 4 aromatic rings. The van der Waals surface area contributed by atoms with Gasteiger partial charge in [0.05, 0.1) is 25.3 Å². The molecule has 0 saturated carbocycles. The van der Waals surface area contributed by atoms with E-state index in [0.29, 0.717) is 28.6 Å². The first kappa shape index (κ1) is 23.2. The van der Waals surface area contributed by atoms with E-state index >= 15 is 0 Å². The number of nitrogens with zero attached hydrogens (tertiary/aromatic N) is 2. The number of nitrogens with two attached hydrogens (primary N) is 2. The summed E-state index contributed by atoms with van der Waals surface area (Å²) >= 11 is 5.99. The van der Waals surface area contributed by atoms with Gasteiger partial charge in [0.1, 0.15) is 5.82 Å². The third-order valence-corrected chi connectivity index (χ3v) is 5.33. The first-order valence-electron chi connectivity index (χ1n) is 10.7. The summed E-state index contributed by atoms with van der Waals surface area (Å²) in [6.07, 6.45) is 0.226. The summed E-state index contributed by atoms with van der Waals surface area (Å²) in [7, 11) is 0. The summed E-state index contributed by atoms with van der Waals surface area (Å²) in [6, 6.07) is 24.4. The van der Waals surface area contributed by atoms with Crippen LogP contribution in [0.5, 0.6) is 0 Å². The van der Waals surface area contributed by atoms with Crippen molar-refractivity contribution in [2.45, 2.75) is 19.6 Å². The lowest BCUT2D eigenvalue weighted by Crippen LogP contribution is -2.14. The van der Waals surface area contributed by atoms with Gasteiger partial charge in [0, 0.05) is 16.3 Å². The SMILES string of the molecule is Nc1nc(N)c(-c2ccc(NC(=O)Cc3cccc(Cl)c3)cc2)c(COCc2ccccc2)n1. The van der Waals surface area contributed by atoms with Crippen LogP contribution in [0.2, 0.25) is 5.02 Å². The Labute approximate surface area is 202 Å². The molecule has 1 aromatic heterocycles. The van der Waals surface area contributed by atoms with Gasteiger partial charge in [-0.25, -0.2) is 4.98 Å². The number of halogens is 1. The molecular weight excluding hydrogens is 450 g/mol. The zero-order valence-corrected chi connectivity index (χ0v) is 19.1. The molecular formula is C26H24ClN5O2. The van der Waals surface area contributed by atoms with Crippen LogP contribution in [0.3, 0.4) is 0 Å². The molecule has 0 saturated heterocycles. The highest BCUT2D eigenvalue weighted by Gasteiger charge is 2.14. The normalized spacial score (nSPS) is 10.7. The fourth-order valence-corrected chi connectivity index (χ4v) is 3.78. The lowest BCUT2D eigenvalue weighted by atomic mass is 10.0. The van der Waals surface area contributed by atoms with Gasteiger partial charge in [0.15, 0.2) is 0 Å². The van der Waals surface area contributed by atoms with Gasteiger partial charge in [-0.05, 0) is 41.0 Å². The number of carbonyl (C=O) groups is 1. The zero-order chi connectivity index (χ0) is 23.9. The Balaban J connectivity index is 1.46. The minimum Gasteiger partial charge on any atom is -0.383 e. The fraction of sp³-hybridized carbons (Fsp3) is 0.115. The summed E-state index contributed by atoms with van der Waals surface area (Å²) in [4.78, 5) is 20.9. The van der Waals surface area contributed by atoms with Crippen LogP contribution in [-0.4, -0.2) is 15.9 Å². The van der Waals surface area contributed by atoms with Crippen molar-refractivity contribution in [2.75, 3.05) is 16.8 Å². The van der Waals surface area contributed by atoms with Crippen molar-refractivity contribution in [1.82, 2.24) is 9.97 Å². The maximum Gasteiger partial charge on any atom is 0.228 e. The van der Waals surface area contributed by atoms with E-state index in [2.05, 4.69) is 15.3 Å². The van der Waals surface area contributed by atoms with E-state index in [-0.39, 0.29) is 30.7 Å². The van der Waals surface area contributed by atoms with Gasteiger partial charge in [-0.2, -0.15) is 4.98 Å². The Kier molecular flexibility index (Phi) is 7.37. The van der Waals surface area contributed by atoms with Gasteiger partial charge in [0.2, 0.25) is 11.9 Å². The maximum atomic E-state index is 12.4. The third kappa shape index (κ3) is 6.10. The first-order valence-corrected chi connectivity index (χ1v) is 11.0. The highest BCUT2D eigenvalue weighted by Crippen LogP contribution is 2.30. The number of hydrogen-bond donors (Lipinski definition) is 3. The molecule has 0 bridgehead atoms. The second kappa shape index (κ2) is 10.8. The Morgan fingerprint density at radius 3 is 2.35 bits per heavy atom. The van der Waals surface area contributed by atoms with E-state index in [9.17, 15) is 4.79 Å². The number of amides is 1. The molecule has 0 radical (unpaired) electrons. The van der Waals surface area contributed by atoms with Crippen LogP contribution in [0.1, 0.15) is 16.8 Å². The number of nitrogen functional groups attached to an aromatic ring is 2. The van der Waals surface area contributed by atoms with E-state index in [1.54, 1.807) is 24.3 Å². The first-order chi connectivity index (χ1) is 16.5. The molecule has 1 heterocycles. The predicted octanol–water partition coefficient (Wildman–Crippen LogP) is 4.86. The molecule has 0 aliphatic rings. The lowest BCUT2D eigenvalue weighted by molar-refractivity contribution is -0.115. The van der Waals surface area contributed by atoms with Crippen molar-refractivity contribution >= 4 is 35.0 Å². The molecule has 0 atom stereocenters. The van der Waals surface area contributed by atoms with Crippen LogP contribution in [0.4, 0.5) is 17.5 Å². The van der Waals surface area contributed by atoms with Crippen molar-refractivity contribution in [1.29, 1.82) is 0 Å². The minimum absolute atomic E-state index is 0.0875. The number of hydrogen-bond acceptors (Lipinski definition) is 6. The Hall–Kier alpha value is -3.94. The Morgan fingerprint density at radius 1 is 0.882 bits per heavy atom. The standard InChI is InChI=1S/C26H24ClN5O2/c27-20-8-4-7-18(13-20)14-23(33)30-21-11-9-19(10-12-21)24-22(31-26(29)32-25(24)28)16-34-15-17-5-2-1-3-6-17/h1-13H,14-16H2,(H,30,33)(H4,28,29,31,32). The lowest BCUT2D eigenvalue weighted by Gasteiger charge is -2.13. The maximum absolute atomic E-state index is 12.4. The number of nitrogens with one attached hydrogen (secondary N) is 1. The average molecular weight is 474 g/mol. The van der Waals surface area contributed by atoms with E-state index in [4.69, 9.17) is 27.8 Å². The van der Waals surface area contributed by atoms with Gasteiger partial charge >= 0.3 is 0 Å². The van der Waals surface area contributed by atoms with Gasteiger partial charge in [-0.3, -0.25) is 4.79 Å². The highest BCUT2D eigenvalue weighted by molar-refractivity contribution is 6.30. The number of benzene rings is 3. The number of aromatic nitrogens is 2. The zero-order valence-electron chi connectivity index (χ0n) is 18.4. The second-order valence-electron chi connectivity index (χ2n) is 7.70. The molecule has 3 aromatic carbocycles. The monoisotopic (exact) mass is 473 g/mol. The molecule has 8 heteroatoms. The largest absolute Gasteiger partial charge is 0.383 e. The fourth-order valence-electron chi connectivity index (χ4n) is 3.56. The van der Waals surface area contributed by atoms with Crippen LogP contribution in [0.25, 0.3) is 11.1 Å². The quantitative estimate of drug-likeness (QED) is 0.336. The van der Waals surface area contributed by atoms with Gasteiger partial charge in [-0.15, -0.1) is 0 Å². The predicted molar refractivity (Wildman–Crippen MR) is 135 cm³/mol. The summed E-state index contributed by atoms with van der Waals surface area (Å²) < 4.78 is 5.85. The smallest absolute Gasteiger partial charge is 0.228 e. The summed E-state index contributed by atoms with van der Waals surface area (Å²) in [5, 5.41) is 3.49. The van der Waals surface area contributed by atoms with Crippen LogP contribution in [0.15, 0.2) is 78.9 Å². The molecule has 0 fully saturated rings. The molecule has 34 heavy (non-hydrogen) atoms. The van der Waals surface area contributed by atoms with Crippen molar-refractivity contribution in [3.05, 3.63) is 101 Å². The van der Waals surface area contributed by atoms with Crippen molar-refractivity contribution < 1.29 is 9.53 Å². The number of rotatable bonds is 8. The van der Waals surface area contributed by atoms with Crippen LogP contribution in [0, 0.1) is 0 Å². The molecule has 1 amide bonds. The van der Waals surface area contributed by atoms with E-state index < -0.39 is 0 Å². The summed E-state index contributed by atoms with van der Waals surface area (Å²) in [5.74, 6) is 0.216. The van der Waals surface area contributed by atoms with Crippen molar-refractivity contribution in [3.63, 3.8) is 0 Å². The van der Waals surface area contributed by atoms with Crippen LogP contribution in [-0.2, 0) is 29.2 Å². The van der Waals surface area contributed by atoms with E-state index in [1.165, 1.54) is 0 Å². The molecule has 5 N–H and O–H groups in total. The second-order valence-corrected chi connectivity index (χ2v) is 8.14. The van der Waals surface area contributed by atoms with Crippen LogP contribution < -0.4 is 16.8 Å². The van der Waals surface area contributed by atoms with Crippen molar-refractivity contribution in [2.24, 2.45) is 0 Å². The molecule has 0 unspecified atom stereocenters. The van der Waals surface area contributed by atoms with Crippen LogP contribution >= 0.6 is 11.6 Å². The summed E-state index contributed by atoms with van der Waals surface area (Å²) in [5.41, 5.74) is 16.6. The molecule has 0 aliphatic heterocycles. The van der Waals surface area contributed by atoms with Crippen molar-refractivity contribution in [3.8, 4) is 11.1 Å². The molecule has 0 spiro atoms. The van der Waals surface area contributed by atoms with Gasteiger partial charge in [-0.1, -0.05) is 66.2 Å². The van der Waals surface area contributed by atoms with Gasteiger partial charge in [0.25, 0.3) is 0 Å². The topological polar surface area (TPSA) is 116 Å².